The molecule has 5 nitrogen and oxygen atoms in total. The number of nitrogens with two attached hydrogens (primary N) is 1. The van der Waals surface area contributed by atoms with Crippen LogP contribution in [0.4, 0.5) is 0 Å². The monoisotopic (exact) mass is 393 g/mol. The zero-order valence-electron chi connectivity index (χ0n) is 15.8. The summed E-state index contributed by atoms with van der Waals surface area (Å²) in [4.78, 5) is 30.3. The molecule has 0 aliphatic rings. The molecule has 6 heteroatoms. The number of pyridine rings is 1. The van der Waals surface area contributed by atoms with Crippen LogP contribution in [0.1, 0.15) is 17.5 Å². The standard InChI is InChI=1S/C22H23N3O2S/c1-16-13-21(24-19-10-6-5-9-18(16)19)28-15-22(27)25(12-11-20(23)26)14-17-7-3-2-4-8-17/h2-10,13H,11-12,14-15H2,1H3,(H2,23,26). The molecule has 0 aliphatic carbocycles. The lowest BCUT2D eigenvalue weighted by Gasteiger charge is -2.22. The number of carbonyl (C=O) groups is 2. The molecular weight excluding hydrogens is 370 g/mol. The smallest absolute Gasteiger partial charge is 0.233 e. The van der Waals surface area contributed by atoms with Gasteiger partial charge in [0.25, 0.3) is 0 Å². The van der Waals surface area contributed by atoms with Crippen LogP contribution in [0, 0.1) is 6.92 Å². The van der Waals surface area contributed by atoms with E-state index in [4.69, 9.17) is 5.73 Å². The molecule has 2 aromatic carbocycles. The van der Waals surface area contributed by atoms with Crippen LogP contribution >= 0.6 is 11.8 Å². The summed E-state index contributed by atoms with van der Waals surface area (Å²) in [5.41, 5.74) is 8.35. The van der Waals surface area contributed by atoms with Crippen molar-refractivity contribution >= 4 is 34.5 Å². The van der Waals surface area contributed by atoms with Crippen LogP contribution in [0.2, 0.25) is 0 Å². The second-order valence-corrected chi connectivity index (χ2v) is 7.60. The Kier molecular flexibility index (Phi) is 6.66. The average Bonchev–Trinajstić information content (AvgIpc) is 2.70. The Bertz CT molecular complexity index is 976. The van der Waals surface area contributed by atoms with Crippen molar-refractivity contribution in [3.8, 4) is 0 Å². The van der Waals surface area contributed by atoms with E-state index in [1.165, 1.54) is 11.8 Å². The topological polar surface area (TPSA) is 76.3 Å². The van der Waals surface area contributed by atoms with Crippen LogP contribution in [-0.4, -0.2) is 34.0 Å². The third-order valence-corrected chi connectivity index (χ3v) is 5.34. The van der Waals surface area contributed by atoms with Crippen LogP contribution in [0.25, 0.3) is 10.9 Å². The van der Waals surface area contributed by atoms with Gasteiger partial charge >= 0.3 is 0 Å². The molecule has 0 unspecified atom stereocenters. The van der Waals surface area contributed by atoms with Crippen molar-refractivity contribution in [2.75, 3.05) is 12.3 Å². The summed E-state index contributed by atoms with van der Waals surface area (Å²) in [6, 6.07) is 19.7. The second kappa shape index (κ2) is 9.37. The first-order chi connectivity index (χ1) is 13.5. The van der Waals surface area contributed by atoms with Crippen molar-refractivity contribution in [1.29, 1.82) is 0 Å². The van der Waals surface area contributed by atoms with Crippen LogP contribution in [-0.2, 0) is 16.1 Å². The van der Waals surface area contributed by atoms with E-state index in [1.54, 1.807) is 4.90 Å². The Morgan fingerprint density at radius 1 is 1.07 bits per heavy atom. The lowest BCUT2D eigenvalue weighted by atomic mass is 10.1. The Balaban J connectivity index is 1.69. The first-order valence-electron chi connectivity index (χ1n) is 9.12. The number of amides is 2. The number of thioether (sulfide) groups is 1. The summed E-state index contributed by atoms with van der Waals surface area (Å²) in [7, 11) is 0. The Labute approximate surface area is 168 Å². The number of para-hydroxylation sites is 1. The van der Waals surface area contributed by atoms with E-state index in [0.29, 0.717) is 13.1 Å². The van der Waals surface area contributed by atoms with Gasteiger partial charge in [-0.1, -0.05) is 60.3 Å². The van der Waals surface area contributed by atoms with Gasteiger partial charge in [0.05, 0.1) is 16.3 Å². The van der Waals surface area contributed by atoms with Crippen molar-refractivity contribution in [3.05, 3.63) is 71.8 Å². The second-order valence-electron chi connectivity index (χ2n) is 6.60. The minimum Gasteiger partial charge on any atom is -0.370 e. The van der Waals surface area contributed by atoms with Gasteiger partial charge in [-0.25, -0.2) is 4.98 Å². The molecule has 3 aromatic rings. The van der Waals surface area contributed by atoms with E-state index in [1.807, 2.05) is 67.6 Å². The van der Waals surface area contributed by atoms with Gasteiger partial charge in [-0.15, -0.1) is 0 Å². The number of hydrogen-bond acceptors (Lipinski definition) is 4. The number of fused-ring (bicyclic) bond motifs is 1. The summed E-state index contributed by atoms with van der Waals surface area (Å²) in [6.07, 6.45) is 0.149. The molecule has 28 heavy (non-hydrogen) atoms. The molecule has 0 fully saturated rings. The van der Waals surface area contributed by atoms with Crippen molar-refractivity contribution in [1.82, 2.24) is 9.88 Å². The van der Waals surface area contributed by atoms with Crippen molar-refractivity contribution in [2.24, 2.45) is 5.73 Å². The van der Waals surface area contributed by atoms with E-state index in [2.05, 4.69) is 4.98 Å². The van der Waals surface area contributed by atoms with E-state index < -0.39 is 5.91 Å². The Hall–Kier alpha value is -2.86. The largest absolute Gasteiger partial charge is 0.370 e. The van der Waals surface area contributed by atoms with Crippen molar-refractivity contribution in [2.45, 2.75) is 24.9 Å². The highest BCUT2D eigenvalue weighted by Gasteiger charge is 2.16. The van der Waals surface area contributed by atoms with Gasteiger partial charge in [-0.3, -0.25) is 9.59 Å². The summed E-state index contributed by atoms with van der Waals surface area (Å²) in [5, 5.41) is 1.93. The molecular formula is C22H23N3O2S. The van der Waals surface area contributed by atoms with E-state index >= 15 is 0 Å². The van der Waals surface area contributed by atoms with Crippen molar-refractivity contribution < 1.29 is 9.59 Å². The van der Waals surface area contributed by atoms with E-state index in [9.17, 15) is 9.59 Å². The van der Waals surface area contributed by atoms with Gasteiger partial charge in [-0.2, -0.15) is 0 Å². The molecule has 0 spiro atoms. The molecule has 1 aromatic heterocycles. The molecule has 0 saturated heterocycles. The number of hydrogen-bond donors (Lipinski definition) is 1. The molecule has 2 amide bonds. The van der Waals surface area contributed by atoms with Crippen LogP contribution in [0.5, 0.6) is 0 Å². The first-order valence-corrected chi connectivity index (χ1v) is 10.1. The highest BCUT2D eigenvalue weighted by atomic mass is 32.2. The highest BCUT2D eigenvalue weighted by Crippen LogP contribution is 2.24. The Morgan fingerprint density at radius 2 is 1.79 bits per heavy atom. The van der Waals surface area contributed by atoms with Crippen LogP contribution in [0.3, 0.4) is 0 Å². The minimum absolute atomic E-state index is 0.0392. The third-order valence-electron chi connectivity index (χ3n) is 4.44. The van der Waals surface area contributed by atoms with Crippen LogP contribution in [0.15, 0.2) is 65.7 Å². The molecule has 0 bridgehead atoms. The zero-order valence-corrected chi connectivity index (χ0v) is 16.6. The molecule has 3 rings (SSSR count). The van der Waals surface area contributed by atoms with Gasteiger partial charge in [0.2, 0.25) is 11.8 Å². The van der Waals surface area contributed by atoms with Gasteiger partial charge in [0.1, 0.15) is 0 Å². The zero-order chi connectivity index (χ0) is 19.9. The van der Waals surface area contributed by atoms with Gasteiger partial charge in [0.15, 0.2) is 0 Å². The number of aryl methyl sites for hydroxylation is 1. The fourth-order valence-electron chi connectivity index (χ4n) is 2.96. The van der Waals surface area contributed by atoms with E-state index in [-0.39, 0.29) is 18.1 Å². The molecule has 0 aliphatic heterocycles. The number of carbonyl (C=O) groups excluding carboxylic acids is 2. The predicted molar refractivity (Wildman–Crippen MR) is 113 cm³/mol. The SMILES string of the molecule is Cc1cc(SCC(=O)N(CCC(N)=O)Cc2ccccc2)nc2ccccc12. The molecule has 144 valence electrons. The minimum atomic E-state index is -0.412. The summed E-state index contributed by atoms with van der Waals surface area (Å²) in [6.45, 7) is 2.82. The maximum Gasteiger partial charge on any atom is 0.233 e. The fraction of sp³-hybridized carbons (Fsp3) is 0.227. The molecule has 2 N–H and O–H groups in total. The number of nitrogens with zero attached hydrogens (tertiary/aromatic N) is 2. The number of rotatable bonds is 8. The first kappa shape index (κ1) is 19.9. The molecule has 1 heterocycles. The highest BCUT2D eigenvalue weighted by molar-refractivity contribution is 7.99. The predicted octanol–water partition coefficient (Wildman–Crippen LogP) is 3.54. The normalized spacial score (nSPS) is 10.8. The summed E-state index contributed by atoms with van der Waals surface area (Å²) >= 11 is 1.41. The quantitative estimate of drug-likeness (QED) is 0.594. The number of benzene rings is 2. The van der Waals surface area contributed by atoms with Crippen LogP contribution < -0.4 is 5.73 Å². The molecule has 0 radical (unpaired) electrons. The van der Waals surface area contributed by atoms with Crippen molar-refractivity contribution in [3.63, 3.8) is 0 Å². The van der Waals surface area contributed by atoms with Gasteiger partial charge in [0, 0.05) is 24.9 Å². The lowest BCUT2D eigenvalue weighted by molar-refractivity contribution is -0.129. The number of primary amides is 1. The average molecular weight is 394 g/mol. The van der Waals surface area contributed by atoms with Gasteiger partial charge in [-0.05, 0) is 30.2 Å². The maximum absolute atomic E-state index is 12.8. The Morgan fingerprint density at radius 3 is 2.54 bits per heavy atom. The number of aromatic nitrogens is 1. The summed E-state index contributed by atoms with van der Waals surface area (Å²) in [5.74, 6) is -0.191. The summed E-state index contributed by atoms with van der Waals surface area (Å²) < 4.78 is 0. The maximum atomic E-state index is 12.8. The van der Waals surface area contributed by atoms with E-state index in [0.717, 1.165) is 27.1 Å². The molecule has 0 saturated carbocycles. The van der Waals surface area contributed by atoms with Gasteiger partial charge < -0.3 is 10.6 Å². The third kappa shape index (κ3) is 5.33. The fourth-order valence-corrected chi connectivity index (χ4v) is 3.84. The lowest BCUT2D eigenvalue weighted by Crippen LogP contribution is -2.34. The molecule has 0 atom stereocenters.